The normalized spacial score (nSPS) is 25.9. The maximum Gasteiger partial charge on any atom is 0.433 e. The van der Waals surface area contributed by atoms with Crippen LogP contribution >= 0.6 is 11.8 Å². The number of halogens is 3. The molecular weight excluding hydrogens is 465 g/mol. The molecule has 184 valence electrons. The Morgan fingerprint density at radius 3 is 2.33 bits per heavy atom. The van der Waals surface area contributed by atoms with Crippen LogP contribution in [0.1, 0.15) is 30.2 Å². The first-order valence-corrected chi connectivity index (χ1v) is 11.6. The van der Waals surface area contributed by atoms with Crippen molar-refractivity contribution in [3.8, 4) is 5.88 Å². The molecule has 1 saturated heterocycles. The second-order valence-electron chi connectivity index (χ2n) is 7.69. The maximum absolute atomic E-state index is 14.0. The molecule has 5 atom stereocenters. The smallest absolute Gasteiger partial charge is 0.433 e. The van der Waals surface area contributed by atoms with Gasteiger partial charge in [-0.25, -0.2) is 0 Å². The van der Waals surface area contributed by atoms with Crippen LogP contribution in [0.5, 0.6) is 5.88 Å². The topological polar surface area (TPSA) is 117 Å². The van der Waals surface area contributed by atoms with Crippen molar-refractivity contribution >= 4 is 11.8 Å². The molecule has 0 saturated carbocycles. The lowest BCUT2D eigenvalue weighted by Gasteiger charge is -2.39. The van der Waals surface area contributed by atoms with Gasteiger partial charge < -0.3 is 29.9 Å². The van der Waals surface area contributed by atoms with E-state index in [9.17, 15) is 33.6 Å². The van der Waals surface area contributed by atoms with E-state index in [1.54, 1.807) is 31.2 Å². The van der Waals surface area contributed by atoms with Crippen molar-refractivity contribution < 1.29 is 43.1 Å². The molecule has 1 aromatic carbocycles. The predicted octanol–water partition coefficient (Wildman–Crippen LogP) is 1.80. The fraction of sp³-hybridized carbons (Fsp3) is 0.571. The van der Waals surface area contributed by atoms with Gasteiger partial charge in [-0.2, -0.15) is 13.2 Å². The number of nitrogens with zero attached hydrogens (tertiary/aromatic N) is 2. The van der Waals surface area contributed by atoms with E-state index >= 15 is 0 Å². The van der Waals surface area contributed by atoms with E-state index in [-0.39, 0.29) is 18.5 Å². The number of hydrogen-bond acceptors (Lipinski definition) is 8. The molecule has 1 fully saturated rings. The number of aromatic nitrogens is 2. The van der Waals surface area contributed by atoms with Crippen LogP contribution in [0, 0.1) is 0 Å². The summed E-state index contributed by atoms with van der Waals surface area (Å²) in [5.41, 5.74) is -0.629. The summed E-state index contributed by atoms with van der Waals surface area (Å²) in [6, 6.07) is 7.01. The zero-order valence-corrected chi connectivity index (χ0v) is 18.9. The van der Waals surface area contributed by atoms with Gasteiger partial charge in [-0.3, -0.25) is 4.68 Å². The van der Waals surface area contributed by atoms with Gasteiger partial charge >= 0.3 is 6.18 Å². The SMILES string of the molecule is CCCn1nc(O[C@@H]2O[C@H](CO)[C@@H](O)[C@H](O)[C@H]2O)c(Cc2ccc(SC)cc2)c1C(F)(F)F. The minimum Gasteiger partial charge on any atom is -0.443 e. The minimum atomic E-state index is -4.73. The van der Waals surface area contributed by atoms with Gasteiger partial charge in [-0.15, -0.1) is 16.9 Å². The van der Waals surface area contributed by atoms with Gasteiger partial charge in [0.1, 0.15) is 30.1 Å². The fourth-order valence-corrected chi connectivity index (χ4v) is 4.05. The molecular formula is C21H27F3N2O6S. The van der Waals surface area contributed by atoms with E-state index < -0.39 is 55.1 Å². The molecule has 3 rings (SSSR count). The molecule has 0 bridgehead atoms. The average molecular weight is 493 g/mol. The van der Waals surface area contributed by atoms with Gasteiger partial charge in [-0.1, -0.05) is 19.1 Å². The third-order valence-electron chi connectivity index (χ3n) is 5.33. The molecule has 1 aliphatic heterocycles. The Bertz CT molecular complexity index is 922. The summed E-state index contributed by atoms with van der Waals surface area (Å²) in [6.45, 7) is 0.990. The fourth-order valence-electron chi connectivity index (χ4n) is 3.64. The molecule has 0 unspecified atom stereocenters. The first-order valence-electron chi connectivity index (χ1n) is 10.4. The van der Waals surface area contributed by atoms with Crippen LogP contribution in [-0.2, 0) is 23.9 Å². The predicted molar refractivity (Wildman–Crippen MR) is 113 cm³/mol. The highest BCUT2D eigenvalue weighted by Gasteiger charge is 2.46. The van der Waals surface area contributed by atoms with Crippen LogP contribution in [0.25, 0.3) is 0 Å². The Morgan fingerprint density at radius 1 is 1.12 bits per heavy atom. The Morgan fingerprint density at radius 2 is 1.79 bits per heavy atom. The largest absolute Gasteiger partial charge is 0.443 e. The molecule has 1 aliphatic rings. The summed E-state index contributed by atoms with van der Waals surface area (Å²) in [6.07, 6.45) is -10.7. The molecule has 1 aromatic heterocycles. The number of alkyl halides is 3. The third kappa shape index (κ3) is 5.64. The second-order valence-corrected chi connectivity index (χ2v) is 8.57. The van der Waals surface area contributed by atoms with Crippen LogP contribution in [0.4, 0.5) is 13.2 Å². The van der Waals surface area contributed by atoms with Gasteiger partial charge in [0.25, 0.3) is 0 Å². The highest BCUT2D eigenvalue weighted by atomic mass is 32.2. The molecule has 0 amide bonds. The number of rotatable bonds is 8. The van der Waals surface area contributed by atoms with Crippen molar-refractivity contribution in [3.63, 3.8) is 0 Å². The Kier molecular flexibility index (Phi) is 8.30. The molecule has 2 aromatic rings. The van der Waals surface area contributed by atoms with E-state index in [4.69, 9.17) is 9.47 Å². The number of hydrogen-bond donors (Lipinski definition) is 4. The Hall–Kier alpha value is -1.83. The zero-order chi connectivity index (χ0) is 24.3. The van der Waals surface area contributed by atoms with Crippen molar-refractivity contribution in [2.45, 2.75) is 68.1 Å². The van der Waals surface area contributed by atoms with Crippen LogP contribution in [-0.4, -0.2) is 73.8 Å². The molecule has 0 spiro atoms. The zero-order valence-electron chi connectivity index (χ0n) is 18.1. The van der Waals surface area contributed by atoms with E-state index in [2.05, 4.69) is 5.10 Å². The molecule has 8 nitrogen and oxygen atoms in total. The lowest BCUT2D eigenvalue weighted by Crippen LogP contribution is -2.60. The summed E-state index contributed by atoms with van der Waals surface area (Å²) in [5, 5.41) is 43.5. The summed E-state index contributed by atoms with van der Waals surface area (Å²) < 4.78 is 53.8. The van der Waals surface area contributed by atoms with Gasteiger partial charge in [0, 0.05) is 17.9 Å². The maximum atomic E-state index is 14.0. The van der Waals surface area contributed by atoms with Gasteiger partial charge in [0.15, 0.2) is 0 Å². The monoisotopic (exact) mass is 492 g/mol. The third-order valence-corrected chi connectivity index (χ3v) is 6.08. The lowest BCUT2D eigenvalue weighted by molar-refractivity contribution is -0.278. The van der Waals surface area contributed by atoms with Crippen LogP contribution in [0.2, 0.25) is 0 Å². The number of benzene rings is 1. The average Bonchev–Trinajstić information content (AvgIpc) is 3.11. The minimum absolute atomic E-state index is 0.0225. The highest BCUT2D eigenvalue weighted by molar-refractivity contribution is 7.98. The van der Waals surface area contributed by atoms with Crippen molar-refractivity contribution in [2.24, 2.45) is 0 Å². The van der Waals surface area contributed by atoms with E-state index in [1.165, 1.54) is 11.8 Å². The van der Waals surface area contributed by atoms with Crippen LogP contribution in [0.15, 0.2) is 29.2 Å². The second kappa shape index (κ2) is 10.6. The number of aryl methyl sites for hydroxylation is 1. The summed E-state index contributed by atoms with van der Waals surface area (Å²) >= 11 is 1.50. The van der Waals surface area contributed by atoms with E-state index in [0.717, 1.165) is 9.58 Å². The highest BCUT2D eigenvalue weighted by Crippen LogP contribution is 2.39. The summed E-state index contributed by atoms with van der Waals surface area (Å²) in [5.74, 6) is -0.408. The molecule has 2 heterocycles. The molecule has 4 N–H and O–H groups in total. The van der Waals surface area contributed by atoms with Gasteiger partial charge in [0.2, 0.25) is 12.2 Å². The van der Waals surface area contributed by atoms with Crippen molar-refractivity contribution in [1.29, 1.82) is 0 Å². The van der Waals surface area contributed by atoms with Crippen LogP contribution < -0.4 is 4.74 Å². The molecule has 0 aliphatic carbocycles. The lowest BCUT2D eigenvalue weighted by atomic mass is 9.99. The van der Waals surface area contributed by atoms with Gasteiger partial charge in [0.05, 0.1) is 12.2 Å². The summed E-state index contributed by atoms with van der Waals surface area (Å²) in [4.78, 5) is 0.953. The first kappa shape index (κ1) is 25.8. The Labute approximate surface area is 192 Å². The molecule has 0 radical (unpaired) electrons. The quantitative estimate of drug-likeness (QED) is 0.412. The number of thioether (sulfide) groups is 1. The van der Waals surface area contributed by atoms with Crippen molar-refractivity contribution in [3.05, 3.63) is 41.1 Å². The number of aliphatic hydroxyl groups excluding tert-OH is 4. The molecule has 12 heteroatoms. The van der Waals surface area contributed by atoms with Crippen molar-refractivity contribution in [1.82, 2.24) is 9.78 Å². The van der Waals surface area contributed by atoms with Gasteiger partial charge in [-0.05, 0) is 30.4 Å². The molecule has 33 heavy (non-hydrogen) atoms. The van der Waals surface area contributed by atoms with Crippen molar-refractivity contribution in [2.75, 3.05) is 12.9 Å². The van der Waals surface area contributed by atoms with E-state index in [1.807, 2.05) is 6.26 Å². The summed E-state index contributed by atoms with van der Waals surface area (Å²) in [7, 11) is 0. The number of aliphatic hydroxyl groups is 4. The standard InChI is InChI=1S/C21H27F3N2O6S/c1-3-8-26-18(21(22,23)24)13(9-11-4-6-12(33-2)7-5-11)19(25-26)32-20-17(30)16(29)15(28)14(10-27)31-20/h4-7,14-17,20,27-30H,3,8-10H2,1-2H3/t14-,15-,16+,17-,20+/m1/s1. The Balaban J connectivity index is 2.02. The number of ether oxygens (including phenoxy) is 2. The first-order chi connectivity index (χ1) is 15.6. The van der Waals surface area contributed by atoms with Crippen LogP contribution in [0.3, 0.4) is 0 Å². The van der Waals surface area contributed by atoms with E-state index in [0.29, 0.717) is 12.0 Å².